The van der Waals surface area contributed by atoms with Crippen molar-refractivity contribution in [3.8, 4) is 0 Å². The van der Waals surface area contributed by atoms with Crippen molar-refractivity contribution in [2.75, 3.05) is 19.8 Å². The van der Waals surface area contributed by atoms with Crippen LogP contribution in [0.2, 0.25) is 0 Å². The molecule has 0 aromatic heterocycles. The van der Waals surface area contributed by atoms with Crippen LogP contribution in [0.5, 0.6) is 0 Å². The number of hydrogen-bond donors (Lipinski definition) is 4. The van der Waals surface area contributed by atoms with Gasteiger partial charge in [-0.3, -0.25) is 9.59 Å². The zero-order valence-corrected chi connectivity index (χ0v) is 34.8. The summed E-state index contributed by atoms with van der Waals surface area (Å²) in [5, 5.41) is 40.0. The van der Waals surface area contributed by atoms with Gasteiger partial charge in [-0.25, -0.2) is 0 Å². The number of unbranched alkanes of at least 4 members (excludes halogenated alkanes) is 6. The maximum Gasteiger partial charge on any atom is 0.306 e. The average molecular weight is 799 g/mol. The highest BCUT2D eigenvalue weighted by molar-refractivity contribution is 5.70. The van der Waals surface area contributed by atoms with Gasteiger partial charge < -0.3 is 39.4 Å². The van der Waals surface area contributed by atoms with Gasteiger partial charge in [0.2, 0.25) is 0 Å². The van der Waals surface area contributed by atoms with Crippen molar-refractivity contribution in [2.45, 2.75) is 166 Å². The molecule has 322 valence electrons. The second kappa shape index (κ2) is 36.9. The molecule has 0 aromatic rings. The Morgan fingerprint density at radius 1 is 0.544 bits per heavy atom. The summed E-state index contributed by atoms with van der Waals surface area (Å²) in [6.07, 6.45) is 41.3. The highest BCUT2D eigenvalue weighted by Crippen LogP contribution is 2.22. The standard InChI is InChI=1S/C47H74O10/c1-3-5-7-9-11-13-15-17-19-20-22-23-25-27-29-31-33-35-42(49)54-38-40(39-55-47-46(53)45(52)44(51)41(37-48)57-47)56-43(50)36-34-32-30-28-26-24-21-18-16-14-12-10-8-6-4-2/h5-8,11-14,17-19,21-23,26,28,40-41,44-48,51-53H,3-4,9-10,15-16,20,24-25,27,29-39H2,1-2H3. The Labute approximate surface area is 343 Å². The van der Waals surface area contributed by atoms with Gasteiger partial charge in [0.1, 0.15) is 31.0 Å². The predicted molar refractivity (Wildman–Crippen MR) is 228 cm³/mol. The monoisotopic (exact) mass is 799 g/mol. The summed E-state index contributed by atoms with van der Waals surface area (Å²) < 4.78 is 22.1. The van der Waals surface area contributed by atoms with Crippen LogP contribution in [-0.4, -0.2) is 89.0 Å². The second-order valence-electron chi connectivity index (χ2n) is 14.0. The van der Waals surface area contributed by atoms with Gasteiger partial charge in [-0.15, -0.1) is 0 Å². The van der Waals surface area contributed by atoms with Gasteiger partial charge in [-0.1, -0.05) is 124 Å². The molecule has 0 bridgehead atoms. The summed E-state index contributed by atoms with van der Waals surface area (Å²) in [6.45, 7) is 3.09. The van der Waals surface area contributed by atoms with Gasteiger partial charge in [0.25, 0.3) is 0 Å². The Morgan fingerprint density at radius 3 is 1.49 bits per heavy atom. The molecule has 1 rings (SSSR count). The van der Waals surface area contributed by atoms with E-state index in [0.29, 0.717) is 12.8 Å². The lowest BCUT2D eigenvalue weighted by Gasteiger charge is -2.39. The van der Waals surface area contributed by atoms with E-state index in [0.717, 1.165) is 89.9 Å². The third-order valence-electron chi connectivity index (χ3n) is 8.96. The molecule has 0 aromatic carbocycles. The number of rotatable bonds is 33. The van der Waals surface area contributed by atoms with Crippen LogP contribution in [0.15, 0.2) is 97.2 Å². The lowest BCUT2D eigenvalue weighted by atomic mass is 9.99. The fourth-order valence-corrected chi connectivity index (χ4v) is 5.64. The van der Waals surface area contributed by atoms with E-state index in [-0.39, 0.29) is 26.1 Å². The van der Waals surface area contributed by atoms with E-state index in [1.807, 2.05) is 0 Å². The largest absolute Gasteiger partial charge is 0.462 e. The Hall–Kier alpha value is -3.38. The number of carbonyl (C=O) groups excluding carboxylic acids is 2. The number of hydrogen-bond acceptors (Lipinski definition) is 10. The third kappa shape index (κ3) is 28.6. The van der Waals surface area contributed by atoms with Gasteiger partial charge in [-0.05, 0) is 89.9 Å². The molecule has 10 nitrogen and oxygen atoms in total. The number of carbonyl (C=O) groups is 2. The van der Waals surface area contributed by atoms with E-state index in [4.69, 9.17) is 18.9 Å². The van der Waals surface area contributed by atoms with Gasteiger partial charge >= 0.3 is 11.9 Å². The number of allylic oxidation sites excluding steroid dienone is 16. The highest BCUT2D eigenvalue weighted by Gasteiger charge is 2.44. The van der Waals surface area contributed by atoms with Crippen molar-refractivity contribution >= 4 is 11.9 Å². The Balaban J connectivity index is 2.41. The minimum Gasteiger partial charge on any atom is -0.462 e. The van der Waals surface area contributed by atoms with Gasteiger partial charge in [0.15, 0.2) is 12.4 Å². The number of aliphatic hydroxyl groups excluding tert-OH is 4. The van der Waals surface area contributed by atoms with Crippen LogP contribution in [0, 0.1) is 0 Å². The third-order valence-corrected chi connectivity index (χ3v) is 8.96. The molecule has 4 N–H and O–H groups in total. The first-order chi connectivity index (χ1) is 27.8. The van der Waals surface area contributed by atoms with E-state index in [1.54, 1.807) is 0 Å². The molecule has 6 unspecified atom stereocenters. The number of aliphatic hydroxyl groups is 4. The molecule has 1 fully saturated rings. The molecule has 57 heavy (non-hydrogen) atoms. The molecule has 1 heterocycles. The Kier molecular flexibility index (Phi) is 33.5. The highest BCUT2D eigenvalue weighted by atomic mass is 16.7. The Bertz CT molecular complexity index is 1240. The van der Waals surface area contributed by atoms with E-state index >= 15 is 0 Å². The van der Waals surface area contributed by atoms with E-state index in [9.17, 15) is 30.0 Å². The van der Waals surface area contributed by atoms with Crippen molar-refractivity contribution < 1.29 is 49.0 Å². The first-order valence-electron chi connectivity index (χ1n) is 21.3. The Morgan fingerprint density at radius 2 is 0.982 bits per heavy atom. The van der Waals surface area contributed by atoms with E-state index in [2.05, 4.69) is 111 Å². The van der Waals surface area contributed by atoms with E-state index < -0.39 is 55.4 Å². The van der Waals surface area contributed by atoms with Crippen LogP contribution in [-0.2, 0) is 28.5 Å². The normalized spacial score (nSPS) is 21.3. The quantitative estimate of drug-likeness (QED) is 0.0288. The molecule has 1 aliphatic heterocycles. The first kappa shape index (κ1) is 51.6. The number of esters is 2. The van der Waals surface area contributed by atoms with Crippen molar-refractivity contribution in [3.63, 3.8) is 0 Å². The number of ether oxygens (including phenoxy) is 4. The molecule has 0 saturated carbocycles. The minimum absolute atomic E-state index is 0.166. The summed E-state index contributed by atoms with van der Waals surface area (Å²) in [5.41, 5.74) is 0. The van der Waals surface area contributed by atoms with Crippen LogP contribution in [0.25, 0.3) is 0 Å². The van der Waals surface area contributed by atoms with Gasteiger partial charge in [0.05, 0.1) is 13.2 Å². The molecule has 0 amide bonds. The topological polar surface area (TPSA) is 152 Å². The average Bonchev–Trinajstić information content (AvgIpc) is 3.21. The second-order valence-corrected chi connectivity index (χ2v) is 14.0. The molecule has 0 radical (unpaired) electrons. The maximum atomic E-state index is 12.7. The van der Waals surface area contributed by atoms with Crippen molar-refractivity contribution in [1.82, 2.24) is 0 Å². The summed E-state index contributed by atoms with van der Waals surface area (Å²) in [6, 6.07) is 0. The fourth-order valence-electron chi connectivity index (χ4n) is 5.64. The van der Waals surface area contributed by atoms with Crippen molar-refractivity contribution in [2.24, 2.45) is 0 Å². The van der Waals surface area contributed by atoms with Crippen LogP contribution < -0.4 is 0 Å². The van der Waals surface area contributed by atoms with Gasteiger partial charge in [0, 0.05) is 12.8 Å². The van der Waals surface area contributed by atoms with Crippen LogP contribution in [0.3, 0.4) is 0 Å². The van der Waals surface area contributed by atoms with Crippen LogP contribution in [0.1, 0.15) is 129 Å². The molecular formula is C47H74O10. The van der Waals surface area contributed by atoms with Crippen LogP contribution in [0.4, 0.5) is 0 Å². The summed E-state index contributed by atoms with van der Waals surface area (Å²) in [5.74, 6) is -0.896. The lowest BCUT2D eigenvalue weighted by molar-refractivity contribution is -0.305. The first-order valence-corrected chi connectivity index (χ1v) is 21.3. The van der Waals surface area contributed by atoms with Gasteiger partial charge in [-0.2, -0.15) is 0 Å². The predicted octanol–water partition coefficient (Wildman–Crippen LogP) is 8.77. The van der Waals surface area contributed by atoms with E-state index in [1.165, 1.54) is 0 Å². The molecular weight excluding hydrogens is 725 g/mol. The summed E-state index contributed by atoms with van der Waals surface area (Å²) in [7, 11) is 0. The smallest absolute Gasteiger partial charge is 0.306 e. The molecule has 0 spiro atoms. The van der Waals surface area contributed by atoms with Crippen molar-refractivity contribution in [3.05, 3.63) is 97.2 Å². The van der Waals surface area contributed by atoms with Crippen molar-refractivity contribution in [1.29, 1.82) is 0 Å². The lowest BCUT2D eigenvalue weighted by Crippen LogP contribution is -2.59. The summed E-state index contributed by atoms with van der Waals surface area (Å²) in [4.78, 5) is 25.3. The molecule has 0 aliphatic carbocycles. The molecule has 6 atom stereocenters. The molecule has 1 saturated heterocycles. The SMILES string of the molecule is CCC=CCC=CCC=CCC=CCCCCCCC(=O)OCC(COC1OC(CO)C(O)C(O)C1O)OC(=O)CCCCC=CCC=CCC=CCC=CCC. The maximum absolute atomic E-state index is 12.7. The molecule has 10 heteroatoms. The minimum atomic E-state index is -1.61. The fraction of sp³-hybridized carbons (Fsp3) is 0.617. The zero-order chi connectivity index (χ0) is 41.6. The zero-order valence-electron chi connectivity index (χ0n) is 34.8. The summed E-state index contributed by atoms with van der Waals surface area (Å²) >= 11 is 0. The molecule has 1 aliphatic rings. The van der Waals surface area contributed by atoms with Crippen LogP contribution >= 0.6 is 0 Å².